The third-order valence-electron chi connectivity index (χ3n) is 2.82. The monoisotopic (exact) mass is 239 g/mol. The summed E-state index contributed by atoms with van der Waals surface area (Å²) in [5.74, 6) is 0.963. The molecule has 92 valence electrons. The Hall–Kier alpha value is -2.09. The van der Waals surface area contributed by atoms with Crippen LogP contribution in [-0.2, 0) is 0 Å². The van der Waals surface area contributed by atoms with Crippen LogP contribution >= 0.6 is 0 Å². The molecule has 0 N–H and O–H groups in total. The molecule has 0 bridgehead atoms. The third kappa shape index (κ3) is 2.77. The number of aryl methyl sites for hydroxylation is 2. The quantitative estimate of drug-likeness (QED) is 0.811. The van der Waals surface area contributed by atoms with Gasteiger partial charge in [0.15, 0.2) is 0 Å². The Kier molecular flexibility index (Phi) is 3.78. The largest absolute Gasteiger partial charge is 0.496 e. The molecule has 0 atom stereocenters. The van der Waals surface area contributed by atoms with E-state index in [2.05, 4.69) is 37.0 Å². The van der Waals surface area contributed by atoms with Gasteiger partial charge in [-0.25, -0.2) is 0 Å². The topological polar surface area (TPSA) is 22.1 Å². The first kappa shape index (κ1) is 12.4. The van der Waals surface area contributed by atoms with Crippen LogP contribution in [0.5, 0.6) is 5.75 Å². The molecule has 2 aromatic rings. The lowest BCUT2D eigenvalue weighted by Gasteiger charge is -2.09. The summed E-state index contributed by atoms with van der Waals surface area (Å²) >= 11 is 0. The van der Waals surface area contributed by atoms with Crippen molar-refractivity contribution in [3.63, 3.8) is 0 Å². The van der Waals surface area contributed by atoms with E-state index < -0.39 is 0 Å². The van der Waals surface area contributed by atoms with E-state index in [1.165, 1.54) is 0 Å². The molecule has 0 radical (unpaired) electrons. The van der Waals surface area contributed by atoms with Gasteiger partial charge in [-0.15, -0.1) is 0 Å². The summed E-state index contributed by atoms with van der Waals surface area (Å²) in [7, 11) is 1.71. The smallest absolute Gasteiger partial charge is 0.124 e. The first-order valence-electron chi connectivity index (χ1n) is 5.95. The predicted molar refractivity (Wildman–Crippen MR) is 75.6 cm³/mol. The average molecular weight is 239 g/mol. The SMILES string of the molecule is COc1c(C)cc(/C=C/c2ccccn2)cc1C. The average Bonchev–Trinajstić information content (AvgIpc) is 2.37. The zero-order valence-electron chi connectivity index (χ0n) is 11.0. The Morgan fingerprint density at radius 1 is 1.06 bits per heavy atom. The van der Waals surface area contributed by atoms with E-state index in [0.29, 0.717) is 0 Å². The molecular weight excluding hydrogens is 222 g/mol. The lowest BCUT2D eigenvalue weighted by atomic mass is 10.1. The second-order valence-corrected chi connectivity index (χ2v) is 4.28. The fourth-order valence-corrected chi connectivity index (χ4v) is 2.06. The zero-order valence-corrected chi connectivity index (χ0v) is 11.0. The summed E-state index contributed by atoms with van der Waals surface area (Å²) in [5.41, 5.74) is 4.43. The molecular formula is C16H17NO. The first-order valence-corrected chi connectivity index (χ1v) is 5.95. The Morgan fingerprint density at radius 2 is 1.78 bits per heavy atom. The van der Waals surface area contributed by atoms with E-state index in [1.807, 2.05) is 24.3 Å². The maximum absolute atomic E-state index is 5.36. The molecule has 18 heavy (non-hydrogen) atoms. The van der Waals surface area contributed by atoms with Gasteiger partial charge in [-0.1, -0.05) is 12.1 Å². The van der Waals surface area contributed by atoms with Crippen LogP contribution < -0.4 is 4.74 Å². The molecule has 1 heterocycles. The fraction of sp³-hybridized carbons (Fsp3) is 0.188. The van der Waals surface area contributed by atoms with Gasteiger partial charge in [0.2, 0.25) is 0 Å². The van der Waals surface area contributed by atoms with E-state index in [4.69, 9.17) is 4.74 Å². The number of hydrogen-bond acceptors (Lipinski definition) is 2. The normalized spacial score (nSPS) is 10.8. The number of methoxy groups -OCH3 is 1. The number of nitrogens with zero attached hydrogens (tertiary/aromatic N) is 1. The van der Waals surface area contributed by atoms with Crippen LogP contribution in [0.4, 0.5) is 0 Å². The molecule has 2 heteroatoms. The van der Waals surface area contributed by atoms with E-state index in [-0.39, 0.29) is 0 Å². The standard InChI is InChI=1S/C16H17NO/c1-12-10-14(11-13(2)16(12)18-3)7-8-15-6-4-5-9-17-15/h4-11H,1-3H3/b8-7+. The zero-order chi connectivity index (χ0) is 13.0. The summed E-state index contributed by atoms with van der Waals surface area (Å²) < 4.78 is 5.36. The molecule has 1 aromatic carbocycles. The molecule has 2 nitrogen and oxygen atoms in total. The number of hydrogen-bond donors (Lipinski definition) is 0. The van der Waals surface area contributed by atoms with E-state index in [9.17, 15) is 0 Å². The van der Waals surface area contributed by atoms with Crippen molar-refractivity contribution in [3.8, 4) is 5.75 Å². The Balaban J connectivity index is 2.28. The lowest BCUT2D eigenvalue weighted by Crippen LogP contribution is -1.91. The summed E-state index contributed by atoms with van der Waals surface area (Å²) in [6.07, 6.45) is 5.88. The van der Waals surface area contributed by atoms with Gasteiger partial charge in [0.25, 0.3) is 0 Å². The van der Waals surface area contributed by atoms with E-state index >= 15 is 0 Å². The summed E-state index contributed by atoms with van der Waals surface area (Å²) in [4.78, 5) is 4.26. The minimum atomic E-state index is 0.962. The lowest BCUT2D eigenvalue weighted by molar-refractivity contribution is 0.408. The minimum absolute atomic E-state index is 0.962. The summed E-state index contributed by atoms with van der Waals surface area (Å²) in [6, 6.07) is 10.1. The maximum Gasteiger partial charge on any atom is 0.124 e. The van der Waals surface area contributed by atoms with Gasteiger partial charge in [-0.3, -0.25) is 4.98 Å². The first-order chi connectivity index (χ1) is 8.70. The number of ether oxygens (including phenoxy) is 1. The fourth-order valence-electron chi connectivity index (χ4n) is 2.06. The van der Waals surface area contributed by atoms with Crippen LogP contribution in [0.3, 0.4) is 0 Å². The third-order valence-corrected chi connectivity index (χ3v) is 2.82. The van der Waals surface area contributed by atoms with Crippen molar-refractivity contribution in [3.05, 3.63) is 58.9 Å². The second kappa shape index (κ2) is 5.50. The maximum atomic E-state index is 5.36. The Labute approximate surface area is 108 Å². The van der Waals surface area contributed by atoms with E-state index in [0.717, 1.165) is 28.1 Å². The molecule has 0 saturated heterocycles. The van der Waals surface area contributed by atoms with Crippen molar-refractivity contribution in [2.24, 2.45) is 0 Å². The summed E-state index contributed by atoms with van der Waals surface area (Å²) in [6.45, 7) is 4.12. The van der Waals surface area contributed by atoms with Crippen molar-refractivity contribution in [1.29, 1.82) is 0 Å². The molecule has 0 spiro atoms. The van der Waals surface area contributed by atoms with Gasteiger partial charge in [0.05, 0.1) is 12.8 Å². The highest BCUT2D eigenvalue weighted by Gasteiger charge is 2.03. The number of rotatable bonds is 3. The van der Waals surface area contributed by atoms with Crippen LogP contribution in [0, 0.1) is 13.8 Å². The molecule has 0 aliphatic heterocycles. The van der Waals surface area contributed by atoms with Crippen LogP contribution in [0.15, 0.2) is 36.5 Å². The van der Waals surface area contributed by atoms with Gasteiger partial charge in [-0.05, 0) is 60.9 Å². The minimum Gasteiger partial charge on any atom is -0.496 e. The Morgan fingerprint density at radius 3 is 2.33 bits per heavy atom. The number of benzene rings is 1. The highest BCUT2D eigenvalue weighted by atomic mass is 16.5. The second-order valence-electron chi connectivity index (χ2n) is 4.28. The van der Waals surface area contributed by atoms with Crippen LogP contribution in [0.2, 0.25) is 0 Å². The molecule has 0 saturated carbocycles. The van der Waals surface area contributed by atoms with Crippen LogP contribution in [0.1, 0.15) is 22.4 Å². The van der Waals surface area contributed by atoms with Crippen molar-refractivity contribution in [1.82, 2.24) is 4.98 Å². The van der Waals surface area contributed by atoms with Gasteiger partial charge in [-0.2, -0.15) is 0 Å². The molecule has 0 unspecified atom stereocenters. The Bertz CT molecular complexity index is 536. The summed E-state index contributed by atoms with van der Waals surface area (Å²) in [5, 5.41) is 0. The molecule has 0 amide bonds. The number of aromatic nitrogens is 1. The van der Waals surface area contributed by atoms with Crippen molar-refractivity contribution < 1.29 is 4.74 Å². The van der Waals surface area contributed by atoms with Gasteiger partial charge < -0.3 is 4.74 Å². The van der Waals surface area contributed by atoms with Gasteiger partial charge in [0, 0.05) is 6.20 Å². The van der Waals surface area contributed by atoms with Gasteiger partial charge in [0.1, 0.15) is 5.75 Å². The van der Waals surface area contributed by atoms with E-state index in [1.54, 1.807) is 13.3 Å². The number of pyridine rings is 1. The molecule has 0 aliphatic rings. The molecule has 0 fully saturated rings. The highest BCUT2D eigenvalue weighted by molar-refractivity contribution is 5.69. The van der Waals surface area contributed by atoms with Crippen LogP contribution in [-0.4, -0.2) is 12.1 Å². The van der Waals surface area contributed by atoms with Crippen molar-refractivity contribution in [2.75, 3.05) is 7.11 Å². The van der Waals surface area contributed by atoms with Crippen LogP contribution in [0.25, 0.3) is 12.2 Å². The van der Waals surface area contributed by atoms with Gasteiger partial charge >= 0.3 is 0 Å². The molecule has 1 aromatic heterocycles. The predicted octanol–water partition coefficient (Wildman–Crippen LogP) is 3.88. The molecule has 0 aliphatic carbocycles. The van der Waals surface area contributed by atoms with Crippen molar-refractivity contribution in [2.45, 2.75) is 13.8 Å². The molecule has 2 rings (SSSR count). The van der Waals surface area contributed by atoms with Crippen molar-refractivity contribution >= 4 is 12.2 Å². The highest BCUT2D eigenvalue weighted by Crippen LogP contribution is 2.25.